The van der Waals surface area contributed by atoms with Crippen molar-refractivity contribution in [2.75, 3.05) is 39.9 Å². The Morgan fingerprint density at radius 3 is 3.00 bits per heavy atom. The molecular formula is C13H26N4O. The van der Waals surface area contributed by atoms with Crippen molar-refractivity contribution in [3.63, 3.8) is 0 Å². The van der Waals surface area contributed by atoms with Gasteiger partial charge in [0.15, 0.2) is 5.96 Å². The van der Waals surface area contributed by atoms with Gasteiger partial charge in [0.2, 0.25) is 0 Å². The molecule has 1 fully saturated rings. The van der Waals surface area contributed by atoms with Crippen LogP contribution in [0.1, 0.15) is 13.8 Å². The number of aliphatic imine (C=N–C) groups is 1. The molecule has 2 N–H and O–H groups in total. The quantitative estimate of drug-likeness (QED) is 0.425. The van der Waals surface area contributed by atoms with Gasteiger partial charge in [-0.2, -0.15) is 0 Å². The first-order chi connectivity index (χ1) is 8.69. The molecule has 1 heterocycles. The van der Waals surface area contributed by atoms with Gasteiger partial charge in [0.25, 0.3) is 0 Å². The maximum atomic E-state index is 5.45. The molecule has 5 heteroatoms. The van der Waals surface area contributed by atoms with Gasteiger partial charge in [-0.15, -0.1) is 6.58 Å². The lowest BCUT2D eigenvalue weighted by molar-refractivity contribution is -0.0174. The maximum Gasteiger partial charge on any atom is 0.191 e. The Labute approximate surface area is 110 Å². The van der Waals surface area contributed by atoms with E-state index < -0.39 is 0 Å². The highest BCUT2D eigenvalue weighted by molar-refractivity contribution is 5.79. The number of morpholine rings is 1. The van der Waals surface area contributed by atoms with E-state index in [4.69, 9.17) is 4.74 Å². The summed E-state index contributed by atoms with van der Waals surface area (Å²) in [6.45, 7) is 12.4. The summed E-state index contributed by atoms with van der Waals surface area (Å²) in [5.41, 5.74) is 0. The van der Waals surface area contributed by atoms with Crippen molar-refractivity contribution in [2.45, 2.75) is 25.9 Å². The van der Waals surface area contributed by atoms with Crippen LogP contribution in [0.25, 0.3) is 0 Å². The highest BCUT2D eigenvalue weighted by Crippen LogP contribution is 2.09. The maximum absolute atomic E-state index is 5.45. The first-order valence-electron chi connectivity index (χ1n) is 6.58. The lowest BCUT2D eigenvalue weighted by Crippen LogP contribution is -2.53. The second-order valence-electron chi connectivity index (χ2n) is 4.63. The summed E-state index contributed by atoms with van der Waals surface area (Å²) in [6.07, 6.45) is 1.82. The molecule has 0 spiro atoms. The SMILES string of the molecule is C=CCNC(=NC)NCC(C)N1CCOCC1C. The van der Waals surface area contributed by atoms with Crippen molar-refractivity contribution in [3.05, 3.63) is 12.7 Å². The minimum atomic E-state index is 0.464. The van der Waals surface area contributed by atoms with Gasteiger partial charge >= 0.3 is 0 Å². The second kappa shape index (κ2) is 8.11. The lowest BCUT2D eigenvalue weighted by atomic mass is 10.2. The van der Waals surface area contributed by atoms with Crippen LogP contribution in [0.15, 0.2) is 17.6 Å². The van der Waals surface area contributed by atoms with Crippen molar-refractivity contribution < 1.29 is 4.74 Å². The molecule has 2 unspecified atom stereocenters. The average molecular weight is 254 g/mol. The van der Waals surface area contributed by atoms with Crippen molar-refractivity contribution in [3.8, 4) is 0 Å². The van der Waals surface area contributed by atoms with Crippen molar-refractivity contribution >= 4 is 5.96 Å². The summed E-state index contributed by atoms with van der Waals surface area (Å²) < 4.78 is 5.45. The van der Waals surface area contributed by atoms with Crippen LogP contribution in [0.3, 0.4) is 0 Å². The molecule has 1 aliphatic rings. The fraction of sp³-hybridized carbons (Fsp3) is 0.769. The molecule has 0 saturated carbocycles. The largest absolute Gasteiger partial charge is 0.379 e. The van der Waals surface area contributed by atoms with Crippen LogP contribution in [-0.2, 0) is 4.74 Å². The monoisotopic (exact) mass is 254 g/mol. The molecule has 0 aromatic rings. The molecule has 18 heavy (non-hydrogen) atoms. The number of rotatable bonds is 5. The van der Waals surface area contributed by atoms with Crippen molar-refractivity contribution in [1.82, 2.24) is 15.5 Å². The van der Waals surface area contributed by atoms with E-state index in [1.165, 1.54) is 0 Å². The summed E-state index contributed by atoms with van der Waals surface area (Å²) in [6, 6.07) is 0.949. The summed E-state index contributed by atoms with van der Waals surface area (Å²) in [5, 5.41) is 6.50. The minimum absolute atomic E-state index is 0.464. The molecule has 1 saturated heterocycles. The molecular weight excluding hydrogens is 228 g/mol. The van der Waals surface area contributed by atoms with Gasteiger partial charge in [0.05, 0.1) is 13.2 Å². The van der Waals surface area contributed by atoms with Crippen LogP contribution in [0.5, 0.6) is 0 Å². The first-order valence-corrected chi connectivity index (χ1v) is 6.58. The predicted octanol–water partition coefficient (Wildman–Crippen LogP) is 0.447. The topological polar surface area (TPSA) is 48.9 Å². The molecule has 0 bridgehead atoms. The van der Waals surface area contributed by atoms with Crippen LogP contribution in [0.2, 0.25) is 0 Å². The molecule has 104 valence electrons. The Morgan fingerprint density at radius 1 is 1.61 bits per heavy atom. The zero-order valence-corrected chi connectivity index (χ0v) is 11.8. The summed E-state index contributed by atoms with van der Waals surface area (Å²) in [7, 11) is 1.78. The summed E-state index contributed by atoms with van der Waals surface area (Å²) in [5.74, 6) is 0.822. The number of nitrogens with one attached hydrogen (secondary N) is 2. The normalized spacial score (nSPS) is 23.5. The minimum Gasteiger partial charge on any atom is -0.379 e. The smallest absolute Gasteiger partial charge is 0.191 e. The molecule has 0 aromatic heterocycles. The van der Waals surface area contributed by atoms with E-state index in [1.54, 1.807) is 7.05 Å². The van der Waals surface area contributed by atoms with Gasteiger partial charge in [-0.1, -0.05) is 6.08 Å². The number of nitrogens with zero attached hydrogens (tertiary/aromatic N) is 2. The lowest BCUT2D eigenvalue weighted by Gasteiger charge is -2.38. The zero-order chi connectivity index (χ0) is 13.4. The molecule has 0 radical (unpaired) electrons. The highest BCUT2D eigenvalue weighted by atomic mass is 16.5. The Balaban J connectivity index is 2.34. The summed E-state index contributed by atoms with van der Waals surface area (Å²) in [4.78, 5) is 6.63. The van der Waals surface area contributed by atoms with Crippen LogP contribution in [0.4, 0.5) is 0 Å². The van der Waals surface area contributed by atoms with Crippen LogP contribution in [0, 0.1) is 0 Å². The Kier molecular flexibility index (Phi) is 6.75. The van der Waals surface area contributed by atoms with E-state index >= 15 is 0 Å². The van der Waals surface area contributed by atoms with E-state index in [1.807, 2.05) is 6.08 Å². The van der Waals surface area contributed by atoms with Crippen molar-refractivity contribution in [2.24, 2.45) is 4.99 Å². The van der Waals surface area contributed by atoms with E-state index in [-0.39, 0.29) is 0 Å². The Hall–Kier alpha value is -1.07. The zero-order valence-electron chi connectivity index (χ0n) is 11.8. The molecule has 0 aromatic carbocycles. The number of guanidine groups is 1. The molecule has 1 rings (SSSR count). The second-order valence-corrected chi connectivity index (χ2v) is 4.63. The van der Waals surface area contributed by atoms with Gasteiger partial charge < -0.3 is 15.4 Å². The fourth-order valence-corrected chi connectivity index (χ4v) is 2.15. The number of hydrogen-bond donors (Lipinski definition) is 2. The first kappa shape index (κ1) is 15.0. The van der Waals surface area contributed by atoms with Gasteiger partial charge in [-0.3, -0.25) is 9.89 Å². The van der Waals surface area contributed by atoms with Gasteiger partial charge in [-0.25, -0.2) is 0 Å². The highest BCUT2D eigenvalue weighted by Gasteiger charge is 2.23. The third kappa shape index (κ3) is 4.66. The molecule has 1 aliphatic heterocycles. The Morgan fingerprint density at radius 2 is 2.39 bits per heavy atom. The molecule has 5 nitrogen and oxygen atoms in total. The predicted molar refractivity (Wildman–Crippen MR) is 76.0 cm³/mol. The third-order valence-corrected chi connectivity index (χ3v) is 3.19. The molecule has 0 amide bonds. The van der Waals surface area contributed by atoms with Gasteiger partial charge in [0, 0.05) is 38.8 Å². The van der Waals surface area contributed by atoms with Crippen LogP contribution < -0.4 is 10.6 Å². The van der Waals surface area contributed by atoms with Gasteiger partial charge in [-0.05, 0) is 13.8 Å². The van der Waals surface area contributed by atoms with E-state index in [9.17, 15) is 0 Å². The van der Waals surface area contributed by atoms with E-state index in [0.29, 0.717) is 12.1 Å². The molecule has 2 atom stereocenters. The Bertz CT molecular complexity index is 280. The van der Waals surface area contributed by atoms with Crippen molar-refractivity contribution in [1.29, 1.82) is 0 Å². The van der Waals surface area contributed by atoms with E-state index in [2.05, 4.69) is 41.0 Å². The summed E-state index contributed by atoms with van der Waals surface area (Å²) >= 11 is 0. The standard InChI is InChI=1S/C13H26N4O/c1-5-6-15-13(14-4)16-9-11(2)17-7-8-18-10-12(17)3/h5,11-12H,1,6-10H2,2-4H3,(H2,14,15,16). The van der Waals surface area contributed by atoms with E-state index in [0.717, 1.165) is 38.8 Å². The van der Waals surface area contributed by atoms with Gasteiger partial charge in [0.1, 0.15) is 0 Å². The van der Waals surface area contributed by atoms with Crippen LogP contribution >= 0.6 is 0 Å². The average Bonchev–Trinajstić information content (AvgIpc) is 2.39. The number of hydrogen-bond acceptors (Lipinski definition) is 3. The third-order valence-electron chi connectivity index (χ3n) is 3.19. The fourth-order valence-electron chi connectivity index (χ4n) is 2.15. The number of ether oxygens (including phenoxy) is 1. The van der Waals surface area contributed by atoms with Crippen LogP contribution in [-0.4, -0.2) is 62.8 Å². The molecule has 0 aliphatic carbocycles.